The second kappa shape index (κ2) is 8.43. The number of nitrogens with zero attached hydrogens (tertiary/aromatic N) is 1. The summed E-state index contributed by atoms with van der Waals surface area (Å²) in [6.07, 6.45) is 6.25. The van der Waals surface area contributed by atoms with Gasteiger partial charge in [-0.15, -0.1) is 0 Å². The maximum Gasteiger partial charge on any atom is 0.410 e. The van der Waals surface area contributed by atoms with Gasteiger partial charge in [-0.2, -0.15) is 0 Å². The Labute approximate surface area is 162 Å². The number of benzene rings is 2. The quantitative estimate of drug-likeness (QED) is 0.668. The highest BCUT2D eigenvalue weighted by Gasteiger charge is 2.25. The summed E-state index contributed by atoms with van der Waals surface area (Å²) in [4.78, 5) is 14.0. The Balaban J connectivity index is 1.52. The van der Waals surface area contributed by atoms with Gasteiger partial charge in [0.05, 0.1) is 0 Å². The summed E-state index contributed by atoms with van der Waals surface area (Å²) in [6.45, 7) is 7.24. The number of carbonyl (C=O) groups excluding carboxylic acids is 1. The van der Waals surface area contributed by atoms with E-state index in [4.69, 9.17) is 4.74 Å². The molecule has 0 aliphatic carbocycles. The Bertz CT molecular complexity index is 764. The van der Waals surface area contributed by atoms with Crippen LogP contribution in [0.1, 0.15) is 39.2 Å². The predicted molar refractivity (Wildman–Crippen MR) is 111 cm³/mol. The largest absolute Gasteiger partial charge is 0.444 e. The van der Waals surface area contributed by atoms with Crippen molar-refractivity contribution in [3.8, 4) is 11.1 Å². The van der Waals surface area contributed by atoms with Crippen molar-refractivity contribution in [2.75, 3.05) is 13.1 Å². The van der Waals surface area contributed by atoms with Crippen molar-refractivity contribution in [2.24, 2.45) is 5.92 Å². The molecule has 0 radical (unpaired) electrons. The van der Waals surface area contributed by atoms with Crippen LogP contribution in [0.2, 0.25) is 0 Å². The first-order chi connectivity index (χ1) is 12.9. The third-order valence-corrected chi connectivity index (χ3v) is 4.77. The molecule has 0 bridgehead atoms. The van der Waals surface area contributed by atoms with E-state index in [0.717, 1.165) is 25.9 Å². The molecule has 0 saturated carbocycles. The van der Waals surface area contributed by atoms with Crippen LogP contribution in [0.4, 0.5) is 4.79 Å². The maximum atomic E-state index is 12.1. The van der Waals surface area contributed by atoms with Crippen LogP contribution in [0.3, 0.4) is 0 Å². The summed E-state index contributed by atoms with van der Waals surface area (Å²) in [5.74, 6) is 0.512. The lowest BCUT2D eigenvalue weighted by Gasteiger charge is -2.32. The highest BCUT2D eigenvalue weighted by atomic mass is 16.6. The van der Waals surface area contributed by atoms with Gasteiger partial charge in [-0.1, -0.05) is 66.7 Å². The first kappa shape index (κ1) is 19.2. The molecule has 3 heteroatoms. The van der Waals surface area contributed by atoms with Crippen molar-refractivity contribution in [3.05, 3.63) is 66.2 Å². The van der Waals surface area contributed by atoms with Crippen LogP contribution in [-0.4, -0.2) is 29.7 Å². The van der Waals surface area contributed by atoms with E-state index in [2.05, 4.69) is 60.7 Å². The molecule has 1 aliphatic rings. The predicted octanol–water partition coefficient (Wildman–Crippen LogP) is 6.01. The van der Waals surface area contributed by atoms with Gasteiger partial charge in [0.15, 0.2) is 0 Å². The van der Waals surface area contributed by atoms with Crippen molar-refractivity contribution in [1.82, 2.24) is 4.90 Å². The summed E-state index contributed by atoms with van der Waals surface area (Å²) in [7, 11) is 0. The molecule has 27 heavy (non-hydrogen) atoms. The van der Waals surface area contributed by atoms with Gasteiger partial charge in [-0.3, -0.25) is 0 Å². The minimum absolute atomic E-state index is 0.193. The Morgan fingerprint density at radius 3 is 2.15 bits per heavy atom. The van der Waals surface area contributed by atoms with Crippen LogP contribution < -0.4 is 0 Å². The molecule has 2 aromatic rings. The number of hydrogen-bond acceptors (Lipinski definition) is 2. The van der Waals surface area contributed by atoms with Gasteiger partial charge in [0.2, 0.25) is 0 Å². The first-order valence-corrected chi connectivity index (χ1v) is 9.72. The zero-order valence-corrected chi connectivity index (χ0v) is 16.5. The Hall–Kier alpha value is -2.55. The lowest BCUT2D eigenvalue weighted by Crippen LogP contribution is -2.41. The molecule has 1 saturated heterocycles. The molecule has 0 atom stereocenters. The highest BCUT2D eigenvalue weighted by Crippen LogP contribution is 2.23. The molecule has 3 nitrogen and oxygen atoms in total. The summed E-state index contributed by atoms with van der Waals surface area (Å²) in [6, 6.07) is 19.1. The van der Waals surface area contributed by atoms with Gasteiger partial charge in [-0.05, 0) is 56.2 Å². The van der Waals surface area contributed by atoms with Crippen molar-refractivity contribution >= 4 is 12.2 Å². The number of likely N-dealkylation sites (tertiary alicyclic amines) is 1. The van der Waals surface area contributed by atoms with E-state index in [9.17, 15) is 4.79 Å². The minimum atomic E-state index is -0.431. The molecular weight excluding hydrogens is 334 g/mol. The van der Waals surface area contributed by atoms with Gasteiger partial charge in [0.1, 0.15) is 5.60 Å². The second-order valence-corrected chi connectivity index (χ2v) is 8.15. The maximum absolute atomic E-state index is 12.1. The lowest BCUT2D eigenvalue weighted by atomic mass is 9.95. The summed E-state index contributed by atoms with van der Waals surface area (Å²) in [5.41, 5.74) is 3.25. The molecule has 3 rings (SSSR count). The van der Waals surface area contributed by atoms with Crippen molar-refractivity contribution in [1.29, 1.82) is 0 Å². The van der Waals surface area contributed by atoms with E-state index in [0.29, 0.717) is 5.92 Å². The highest BCUT2D eigenvalue weighted by molar-refractivity contribution is 5.68. The fraction of sp³-hybridized carbons (Fsp3) is 0.375. The molecule has 1 amide bonds. The minimum Gasteiger partial charge on any atom is -0.444 e. The first-order valence-electron chi connectivity index (χ1n) is 9.72. The van der Waals surface area contributed by atoms with Crippen molar-refractivity contribution in [3.63, 3.8) is 0 Å². The average Bonchev–Trinajstić information content (AvgIpc) is 2.66. The van der Waals surface area contributed by atoms with E-state index >= 15 is 0 Å². The normalized spacial score (nSPS) is 15.9. The molecule has 2 aromatic carbocycles. The molecule has 0 N–H and O–H groups in total. The second-order valence-electron chi connectivity index (χ2n) is 8.15. The molecule has 0 spiro atoms. The van der Waals surface area contributed by atoms with E-state index in [-0.39, 0.29) is 6.09 Å². The van der Waals surface area contributed by atoms with Gasteiger partial charge < -0.3 is 9.64 Å². The zero-order chi connectivity index (χ0) is 19.3. The summed E-state index contributed by atoms with van der Waals surface area (Å²) in [5, 5.41) is 0. The third-order valence-electron chi connectivity index (χ3n) is 4.77. The fourth-order valence-corrected chi connectivity index (χ4v) is 3.27. The van der Waals surface area contributed by atoms with Crippen LogP contribution in [0.15, 0.2) is 60.7 Å². The van der Waals surface area contributed by atoms with Gasteiger partial charge >= 0.3 is 6.09 Å². The Morgan fingerprint density at radius 1 is 0.963 bits per heavy atom. The van der Waals surface area contributed by atoms with Crippen molar-refractivity contribution in [2.45, 2.75) is 39.2 Å². The Kier molecular flexibility index (Phi) is 6.00. The van der Waals surface area contributed by atoms with Gasteiger partial charge in [-0.25, -0.2) is 4.79 Å². The molecule has 0 aromatic heterocycles. The van der Waals surface area contributed by atoms with Crippen LogP contribution in [0.5, 0.6) is 0 Å². The zero-order valence-electron chi connectivity index (χ0n) is 16.5. The van der Waals surface area contributed by atoms with Crippen molar-refractivity contribution < 1.29 is 9.53 Å². The number of ether oxygens (including phenoxy) is 1. The monoisotopic (exact) mass is 363 g/mol. The van der Waals surface area contributed by atoms with E-state index < -0.39 is 5.60 Å². The molecular formula is C24H29NO2. The smallest absolute Gasteiger partial charge is 0.410 e. The summed E-state index contributed by atoms with van der Waals surface area (Å²) >= 11 is 0. The number of hydrogen-bond donors (Lipinski definition) is 0. The average molecular weight is 364 g/mol. The van der Waals surface area contributed by atoms with E-state index in [1.54, 1.807) is 0 Å². The van der Waals surface area contributed by atoms with Crippen LogP contribution in [-0.2, 0) is 4.74 Å². The molecule has 1 heterocycles. The SMILES string of the molecule is CC(C)(C)OC(=O)N1CCC(C=Cc2ccc(-c3ccccc3)cc2)CC1. The number of allylic oxidation sites excluding steroid dienone is 1. The van der Waals surface area contributed by atoms with E-state index in [1.807, 2.05) is 31.7 Å². The summed E-state index contributed by atoms with van der Waals surface area (Å²) < 4.78 is 5.46. The standard InChI is InChI=1S/C24H29NO2/c1-24(2,3)27-23(26)25-17-15-20(16-18-25)10-9-19-11-13-22(14-12-19)21-7-5-4-6-8-21/h4-14,20H,15-18H2,1-3H3. The third kappa shape index (κ3) is 5.72. The van der Waals surface area contributed by atoms with Gasteiger partial charge in [0.25, 0.3) is 0 Å². The lowest BCUT2D eigenvalue weighted by molar-refractivity contribution is 0.0197. The molecule has 1 fully saturated rings. The van der Waals surface area contributed by atoms with Gasteiger partial charge in [0, 0.05) is 13.1 Å². The fourth-order valence-electron chi connectivity index (χ4n) is 3.27. The van der Waals surface area contributed by atoms with Crippen LogP contribution >= 0.6 is 0 Å². The number of piperidine rings is 1. The topological polar surface area (TPSA) is 29.5 Å². The Morgan fingerprint density at radius 2 is 1.56 bits per heavy atom. The van der Waals surface area contributed by atoms with Crippen LogP contribution in [0, 0.1) is 5.92 Å². The molecule has 142 valence electrons. The van der Waals surface area contributed by atoms with E-state index in [1.165, 1.54) is 16.7 Å². The molecule has 0 unspecified atom stereocenters. The number of rotatable bonds is 3. The van der Waals surface area contributed by atoms with Crippen LogP contribution in [0.25, 0.3) is 17.2 Å². The number of carbonyl (C=O) groups is 1. The molecule has 1 aliphatic heterocycles. The number of amides is 1.